The monoisotopic (exact) mass is 358 g/mol. The minimum atomic E-state index is -0.353. The van der Waals surface area contributed by atoms with Gasteiger partial charge in [-0.25, -0.2) is 0 Å². The summed E-state index contributed by atoms with van der Waals surface area (Å²) in [7, 11) is 0. The van der Waals surface area contributed by atoms with E-state index < -0.39 is 0 Å². The maximum atomic E-state index is 12.4. The molecule has 1 amide bonds. The van der Waals surface area contributed by atoms with Gasteiger partial charge in [-0.1, -0.05) is 37.3 Å². The lowest BCUT2D eigenvalue weighted by Crippen LogP contribution is -2.59. The quantitative estimate of drug-likeness (QED) is 0.775. The predicted octanol–water partition coefficient (Wildman–Crippen LogP) is 2.35. The van der Waals surface area contributed by atoms with Crippen molar-refractivity contribution in [2.45, 2.75) is 49.0 Å². The maximum Gasteiger partial charge on any atom is 0.234 e. The molecule has 1 saturated carbocycles. The van der Waals surface area contributed by atoms with E-state index in [0.29, 0.717) is 12.5 Å². The summed E-state index contributed by atoms with van der Waals surface area (Å²) >= 11 is 1.61. The molecule has 0 aromatic heterocycles. The minimum Gasteiger partial charge on any atom is -0.392 e. The van der Waals surface area contributed by atoms with Crippen LogP contribution in [-0.4, -0.2) is 35.0 Å². The van der Waals surface area contributed by atoms with Crippen LogP contribution in [0.3, 0.4) is 0 Å². The zero-order chi connectivity index (χ0) is 17.6. The molecular formula is C20H26N2O2S. The van der Waals surface area contributed by atoms with Gasteiger partial charge in [0.05, 0.1) is 11.4 Å². The van der Waals surface area contributed by atoms with Gasteiger partial charge in [0.15, 0.2) is 0 Å². The van der Waals surface area contributed by atoms with Crippen molar-refractivity contribution < 1.29 is 9.90 Å². The molecule has 4 N–H and O–H groups in total. The number of rotatable bonds is 3. The van der Waals surface area contributed by atoms with Crippen molar-refractivity contribution >= 4 is 17.7 Å². The smallest absolute Gasteiger partial charge is 0.234 e. The molecule has 2 fully saturated rings. The number of allylic oxidation sites excluding steroid dienone is 1. The van der Waals surface area contributed by atoms with Crippen molar-refractivity contribution in [2.75, 3.05) is 6.54 Å². The highest BCUT2D eigenvalue weighted by atomic mass is 32.2. The molecule has 1 saturated heterocycles. The highest BCUT2D eigenvalue weighted by Crippen LogP contribution is 2.50. The van der Waals surface area contributed by atoms with E-state index in [1.165, 1.54) is 11.1 Å². The number of hydrogen-bond acceptors (Lipinski definition) is 4. The Morgan fingerprint density at radius 1 is 1.32 bits per heavy atom. The number of carbonyl (C=O) groups excluding carboxylic acids is 1. The van der Waals surface area contributed by atoms with Gasteiger partial charge < -0.3 is 16.2 Å². The van der Waals surface area contributed by atoms with Gasteiger partial charge in [0.25, 0.3) is 0 Å². The van der Waals surface area contributed by atoms with E-state index in [4.69, 9.17) is 5.73 Å². The summed E-state index contributed by atoms with van der Waals surface area (Å²) in [4.78, 5) is 12.4. The van der Waals surface area contributed by atoms with Gasteiger partial charge in [0, 0.05) is 17.9 Å². The van der Waals surface area contributed by atoms with Gasteiger partial charge in [-0.15, -0.1) is 11.8 Å². The summed E-state index contributed by atoms with van der Waals surface area (Å²) in [5.41, 5.74) is 8.19. The Morgan fingerprint density at radius 2 is 2.08 bits per heavy atom. The summed E-state index contributed by atoms with van der Waals surface area (Å²) in [6.07, 6.45) is 3.43. The van der Waals surface area contributed by atoms with Gasteiger partial charge >= 0.3 is 0 Å². The predicted molar refractivity (Wildman–Crippen MR) is 101 cm³/mol. The topological polar surface area (TPSA) is 75.3 Å². The van der Waals surface area contributed by atoms with Gasteiger partial charge in [-0.3, -0.25) is 4.79 Å². The normalized spacial score (nSPS) is 38.0. The van der Waals surface area contributed by atoms with Crippen LogP contribution in [-0.2, 0) is 4.79 Å². The molecule has 0 bridgehead atoms. The fourth-order valence-electron chi connectivity index (χ4n) is 4.78. The first-order valence-corrected chi connectivity index (χ1v) is 10.1. The van der Waals surface area contributed by atoms with Crippen molar-refractivity contribution in [3.05, 3.63) is 46.9 Å². The highest BCUT2D eigenvalue weighted by molar-refractivity contribution is 8.03. The Labute approximate surface area is 153 Å². The Bertz CT molecular complexity index is 675. The van der Waals surface area contributed by atoms with Crippen molar-refractivity contribution in [2.24, 2.45) is 17.6 Å². The SMILES string of the molecule is C[C@@H](CN)c1ccc(C2C(O)CCC3NC(=O)C4SC=CC4C32)cc1. The molecule has 2 aliphatic heterocycles. The van der Waals surface area contributed by atoms with Crippen molar-refractivity contribution in [3.63, 3.8) is 0 Å². The van der Waals surface area contributed by atoms with E-state index in [9.17, 15) is 9.90 Å². The van der Waals surface area contributed by atoms with Gasteiger partial charge in [0.2, 0.25) is 5.91 Å². The lowest BCUT2D eigenvalue weighted by atomic mass is 9.63. The van der Waals surface area contributed by atoms with E-state index in [1.807, 2.05) is 0 Å². The molecule has 0 radical (unpaired) electrons. The molecule has 25 heavy (non-hydrogen) atoms. The molecule has 2 heterocycles. The highest BCUT2D eigenvalue weighted by Gasteiger charge is 2.51. The number of aliphatic hydroxyl groups excluding tert-OH is 1. The van der Waals surface area contributed by atoms with Crippen LogP contribution < -0.4 is 11.1 Å². The number of hydrogen-bond donors (Lipinski definition) is 3. The second-order valence-electron chi connectivity index (χ2n) is 7.63. The average molecular weight is 359 g/mol. The fourth-order valence-corrected chi connectivity index (χ4v) is 5.86. The molecule has 5 heteroatoms. The first kappa shape index (κ1) is 17.1. The van der Waals surface area contributed by atoms with Crippen LogP contribution in [0.2, 0.25) is 0 Å². The number of amides is 1. The summed E-state index contributed by atoms with van der Waals surface area (Å²) in [6, 6.07) is 8.74. The number of thioether (sulfide) groups is 1. The third-order valence-corrected chi connectivity index (χ3v) is 7.35. The maximum absolute atomic E-state index is 12.4. The van der Waals surface area contributed by atoms with Crippen molar-refractivity contribution in [3.8, 4) is 0 Å². The molecule has 7 atom stereocenters. The summed E-state index contributed by atoms with van der Waals surface area (Å²) in [5, 5.41) is 16.0. The van der Waals surface area contributed by atoms with Gasteiger partial charge in [-0.2, -0.15) is 0 Å². The standard InChI is InChI=1S/C20H26N2O2S/c1-11(10-21)12-2-4-13(5-3-12)17-16(23)7-6-15-18(17)14-8-9-25-19(14)20(24)22-15/h2-5,8-9,11,14-19,23H,6-7,10,21H2,1H3,(H,22,24)/t11-,14?,15?,16?,17?,18?,19?/m0/s1. The van der Waals surface area contributed by atoms with Crippen molar-refractivity contribution in [1.29, 1.82) is 0 Å². The molecule has 1 aliphatic carbocycles. The molecular weight excluding hydrogens is 332 g/mol. The number of aliphatic hydroxyl groups is 1. The number of fused-ring (bicyclic) bond motifs is 3. The Balaban J connectivity index is 1.66. The van der Waals surface area contributed by atoms with Gasteiger partial charge in [0.1, 0.15) is 0 Å². The number of piperidine rings is 1. The Kier molecular flexibility index (Phi) is 4.65. The zero-order valence-corrected chi connectivity index (χ0v) is 15.3. The first-order valence-electron chi connectivity index (χ1n) is 9.20. The Hall–Kier alpha value is -1.30. The average Bonchev–Trinajstić information content (AvgIpc) is 3.12. The summed E-state index contributed by atoms with van der Waals surface area (Å²) in [5.74, 6) is 1.04. The van der Waals surface area contributed by atoms with Crippen LogP contribution in [0.15, 0.2) is 35.7 Å². The Morgan fingerprint density at radius 3 is 2.80 bits per heavy atom. The van der Waals surface area contributed by atoms with E-state index in [1.54, 1.807) is 11.8 Å². The zero-order valence-electron chi connectivity index (χ0n) is 14.5. The van der Waals surface area contributed by atoms with Crippen molar-refractivity contribution in [1.82, 2.24) is 5.32 Å². The molecule has 1 aromatic rings. The molecule has 4 nitrogen and oxygen atoms in total. The number of carbonyl (C=O) groups is 1. The molecule has 1 aromatic carbocycles. The van der Waals surface area contributed by atoms with Crippen LogP contribution in [0.1, 0.15) is 42.7 Å². The largest absolute Gasteiger partial charge is 0.392 e. The molecule has 6 unspecified atom stereocenters. The third kappa shape index (κ3) is 2.92. The fraction of sp³-hybridized carbons (Fsp3) is 0.550. The van der Waals surface area contributed by atoms with Crippen LogP contribution in [0, 0.1) is 11.8 Å². The molecule has 0 spiro atoms. The number of benzene rings is 1. The lowest BCUT2D eigenvalue weighted by Gasteiger charge is -2.48. The molecule has 3 aliphatic rings. The van der Waals surface area contributed by atoms with Crippen LogP contribution in [0.4, 0.5) is 0 Å². The first-order chi connectivity index (χ1) is 12.1. The second kappa shape index (κ2) is 6.78. The van der Waals surface area contributed by atoms with E-state index in [2.05, 4.69) is 48.0 Å². The number of nitrogens with one attached hydrogen (secondary N) is 1. The van der Waals surface area contributed by atoms with E-state index in [-0.39, 0.29) is 41.1 Å². The van der Waals surface area contributed by atoms with Gasteiger partial charge in [-0.05, 0) is 47.8 Å². The van der Waals surface area contributed by atoms with Crippen LogP contribution in [0.5, 0.6) is 0 Å². The minimum absolute atomic E-state index is 0.0365. The van der Waals surface area contributed by atoms with Crippen LogP contribution >= 0.6 is 11.8 Å². The second-order valence-corrected chi connectivity index (χ2v) is 8.68. The van der Waals surface area contributed by atoms with E-state index in [0.717, 1.165) is 12.8 Å². The summed E-state index contributed by atoms with van der Waals surface area (Å²) in [6.45, 7) is 2.76. The third-order valence-electron chi connectivity index (χ3n) is 6.22. The van der Waals surface area contributed by atoms with Crippen LogP contribution in [0.25, 0.3) is 0 Å². The van der Waals surface area contributed by atoms with E-state index >= 15 is 0 Å². The molecule has 134 valence electrons. The summed E-state index contributed by atoms with van der Waals surface area (Å²) < 4.78 is 0. The lowest BCUT2D eigenvalue weighted by molar-refractivity contribution is -0.126. The molecule has 4 rings (SSSR count). The number of nitrogens with two attached hydrogens (primary N) is 1.